The molecule has 0 atom stereocenters. The maximum absolute atomic E-state index is 13.1. The number of carboxylic acids is 1. The Morgan fingerprint density at radius 1 is 1.05 bits per heavy atom. The molecule has 4 N–H and O–H groups in total. The van der Waals surface area contributed by atoms with Gasteiger partial charge in [-0.1, -0.05) is 0 Å². The standard InChI is InChI=1S/C14H10F2N2O3/c15-10-3-1-7(5-11(10)16)13(19)18-12-4-2-8(17)6-9(12)14(20)21/h1-6H,17H2,(H,18,19)(H,20,21). The summed E-state index contributed by atoms with van der Waals surface area (Å²) >= 11 is 0. The van der Waals surface area contributed by atoms with Crippen LogP contribution in [0.15, 0.2) is 36.4 Å². The van der Waals surface area contributed by atoms with Crippen molar-refractivity contribution in [1.82, 2.24) is 0 Å². The number of carboxylic acid groups (broad SMARTS) is 1. The van der Waals surface area contributed by atoms with E-state index < -0.39 is 23.5 Å². The number of carbonyl (C=O) groups excluding carboxylic acids is 1. The predicted octanol–water partition coefficient (Wildman–Crippen LogP) is 2.50. The highest BCUT2D eigenvalue weighted by Gasteiger charge is 2.15. The van der Waals surface area contributed by atoms with Crippen LogP contribution < -0.4 is 11.1 Å². The van der Waals surface area contributed by atoms with Crippen LogP contribution in [0, 0.1) is 11.6 Å². The van der Waals surface area contributed by atoms with E-state index >= 15 is 0 Å². The van der Waals surface area contributed by atoms with Crippen LogP contribution in [0.1, 0.15) is 20.7 Å². The Hall–Kier alpha value is -2.96. The molecule has 0 saturated carbocycles. The molecule has 0 heterocycles. The van der Waals surface area contributed by atoms with Crippen LogP contribution in [-0.4, -0.2) is 17.0 Å². The Bertz CT molecular complexity index is 732. The number of hydrogen-bond acceptors (Lipinski definition) is 3. The zero-order valence-corrected chi connectivity index (χ0v) is 10.6. The SMILES string of the molecule is Nc1ccc(NC(=O)c2ccc(F)c(F)c2)c(C(=O)O)c1. The molecule has 0 aliphatic rings. The summed E-state index contributed by atoms with van der Waals surface area (Å²) < 4.78 is 25.9. The van der Waals surface area contributed by atoms with Gasteiger partial charge in [-0.2, -0.15) is 0 Å². The molecule has 0 saturated heterocycles. The molecule has 7 heteroatoms. The third kappa shape index (κ3) is 3.14. The number of rotatable bonds is 3. The molecule has 0 radical (unpaired) electrons. The van der Waals surface area contributed by atoms with Crippen LogP contribution in [-0.2, 0) is 0 Å². The number of nitrogens with one attached hydrogen (secondary N) is 1. The van der Waals surface area contributed by atoms with Gasteiger partial charge in [-0.25, -0.2) is 13.6 Å². The molecule has 0 aliphatic heterocycles. The summed E-state index contributed by atoms with van der Waals surface area (Å²) in [5, 5.41) is 11.4. The van der Waals surface area contributed by atoms with Gasteiger partial charge in [0.25, 0.3) is 5.91 Å². The zero-order chi connectivity index (χ0) is 15.6. The van der Waals surface area contributed by atoms with E-state index in [9.17, 15) is 18.4 Å². The molecule has 0 fully saturated rings. The lowest BCUT2D eigenvalue weighted by molar-refractivity contribution is 0.0698. The second-order valence-corrected chi connectivity index (χ2v) is 4.19. The molecule has 2 rings (SSSR count). The molecule has 0 bridgehead atoms. The Morgan fingerprint density at radius 3 is 2.38 bits per heavy atom. The number of hydrogen-bond donors (Lipinski definition) is 3. The van der Waals surface area contributed by atoms with Crippen molar-refractivity contribution in [1.29, 1.82) is 0 Å². The minimum Gasteiger partial charge on any atom is -0.478 e. The van der Waals surface area contributed by atoms with E-state index in [4.69, 9.17) is 10.8 Å². The van der Waals surface area contributed by atoms with Gasteiger partial charge in [-0.05, 0) is 36.4 Å². The van der Waals surface area contributed by atoms with E-state index in [0.29, 0.717) is 0 Å². The molecular weight excluding hydrogens is 282 g/mol. The van der Waals surface area contributed by atoms with Gasteiger partial charge in [0, 0.05) is 11.3 Å². The summed E-state index contributed by atoms with van der Waals surface area (Å²) in [6.45, 7) is 0. The number of benzene rings is 2. The van der Waals surface area contributed by atoms with Crippen molar-refractivity contribution in [2.75, 3.05) is 11.1 Å². The van der Waals surface area contributed by atoms with Crippen LogP contribution in [0.4, 0.5) is 20.2 Å². The first kappa shape index (κ1) is 14.4. The Morgan fingerprint density at radius 2 is 1.76 bits per heavy atom. The van der Waals surface area contributed by atoms with Crippen LogP contribution in [0.3, 0.4) is 0 Å². The van der Waals surface area contributed by atoms with Gasteiger partial charge in [-0.15, -0.1) is 0 Å². The fourth-order valence-corrected chi connectivity index (χ4v) is 1.68. The average molecular weight is 292 g/mol. The maximum Gasteiger partial charge on any atom is 0.337 e. The van der Waals surface area contributed by atoms with Gasteiger partial charge < -0.3 is 16.2 Å². The first-order valence-electron chi connectivity index (χ1n) is 5.77. The smallest absolute Gasteiger partial charge is 0.337 e. The van der Waals surface area contributed by atoms with Crippen molar-refractivity contribution in [2.24, 2.45) is 0 Å². The van der Waals surface area contributed by atoms with E-state index in [0.717, 1.165) is 18.2 Å². The number of nitrogens with two attached hydrogens (primary N) is 1. The zero-order valence-electron chi connectivity index (χ0n) is 10.6. The minimum absolute atomic E-state index is 0.00596. The molecule has 5 nitrogen and oxygen atoms in total. The molecule has 2 aromatic carbocycles. The monoisotopic (exact) mass is 292 g/mol. The van der Waals surface area contributed by atoms with Crippen molar-refractivity contribution in [2.45, 2.75) is 0 Å². The third-order valence-corrected chi connectivity index (χ3v) is 2.70. The lowest BCUT2D eigenvalue weighted by atomic mass is 10.1. The molecule has 0 spiro atoms. The van der Waals surface area contributed by atoms with Crippen molar-refractivity contribution in [3.63, 3.8) is 0 Å². The highest BCUT2D eigenvalue weighted by molar-refractivity contribution is 6.08. The Balaban J connectivity index is 2.31. The summed E-state index contributed by atoms with van der Waals surface area (Å²) in [7, 11) is 0. The summed E-state index contributed by atoms with van der Waals surface area (Å²) in [4.78, 5) is 23.0. The molecule has 2 aromatic rings. The molecule has 108 valence electrons. The number of aromatic carboxylic acids is 1. The van der Waals surface area contributed by atoms with Gasteiger partial charge in [0.05, 0.1) is 11.3 Å². The second-order valence-electron chi connectivity index (χ2n) is 4.19. The van der Waals surface area contributed by atoms with Crippen molar-refractivity contribution in [3.8, 4) is 0 Å². The predicted molar refractivity (Wildman–Crippen MR) is 72.1 cm³/mol. The molecule has 0 unspecified atom stereocenters. The summed E-state index contributed by atoms with van der Waals surface area (Å²) in [6.07, 6.45) is 0. The Labute approximate surface area is 118 Å². The molecule has 1 amide bonds. The first-order valence-corrected chi connectivity index (χ1v) is 5.77. The van der Waals surface area contributed by atoms with Crippen molar-refractivity contribution < 1.29 is 23.5 Å². The normalized spacial score (nSPS) is 10.2. The molecule has 21 heavy (non-hydrogen) atoms. The molecule has 0 aliphatic carbocycles. The quantitative estimate of drug-likeness (QED) is 0.758. The lowest BCUT2D eigenvalue weighted by Crippen LogP contribution is -2.15. The summed E-state index contributed by atoms with van der Waals surface area (Å²) in [5.41, 5.74) is 5.36. The number of nitrogen functional groups attached to an aromatic ring is 1. The van der Waals surface area contributed by atoms with Gasteiger partial charge >= 0.3 is 5.97 Å². The van der Waals surface area contributed by atoms with E-state index in [1.165, 1.54) is 18.2 Å². The van der Waals surface area contributed by atoms with Crippen molar-refractivity contribution >= 4 is 23.3 Å². The van der Waals surface area contributed by atoms with E-state index in [-0.39, 0.29) is 22.5 Å². The molecule has 0 aromatic heterocycles. The fourth-order valence-electron chi connectivity index (χ4n) is 1.68. The highest BCUT2D eigenvalue weighted by atomic mass is 19.2. The van der Waals surface area contributed by atoms with Gasteiger partial charge in [0.2, 0.25) is 0 Å². The van der Waals surface area contributed by atoms with E-state index in [1.807, 2.05) is 0 Å². The average Bonchev–Trinajstić information content (AvgIpc) is 2.43. The van der Waals surface area contributed by atoms with Gasteiger partial charge in [0.1, 0.15) is 0 Å². The molecular formula is C14H10F2N2O3. The van der Waals surface area contributed by atoms with Gasteiger partial charge in [-0.3, -0.25) is 4.79 Å². The van der Waals surface area contributed by atoms with Crippen LogP contribution in [0.25, 0.3) is 0 Å². The minimum atomic E-state index is -1.28. The van der Waals surface area contributed by atoms with E-state index in [1.54, 1.807) is 0 Å². The fraction of sp³-hybridized carbons (Fsp3) is 0. The Kier molecular flexibility index (Phi) is 3.84. The van der Waals surface area contributed by atoms with Crippen LogP contribution in [0.2, 0.25) is 0 Å². The highest BCUT2D eigenvalue weighted by Crippen LogP contribution is 2.20. The summed E-state index contributed by atoms with van der Waals surface area (Å²) in [6, 6.07) is 6.53. The van der Waals surface area contributed by atoms with E-state index in [2.05, 4.69) is 5.32 Å². The second kappa shape index (κ2) is 5.58. The first-order chi connectivity index (χ1) is 9.88. The summed E-state index contributed by atoms with van der Waals surface area (Å²) in [5.74, 6) is -4.28. The van der Waals surface area contributed by atoms with Gasteiger partial charge in [0.15, 0.2) is 11.6 Å². The van der Waals surface area contributed by atoms with Crippen LogP contribution in [0.5, 0.6) is 0 Å². The largest absolute Gasteiger partial charge is 0.478 e. The number of carbonyl (C=O) groups is 2. The topological polar surface area (TPSA) is 92.4 Å². The number of amides is 1. The lowest BCUT2D eigenvalue weighted by Gasteiger charge is -2.09. The van der Waals surface area contributed by atoms with Crippen molar-refractivity contribution in [3.05, 3.63) is 59.2 Å². The van der Waals surface area contributed by atoms with Crippen LogP contribution >= 0.6 is 0 Å². The number of anilines is 2. The number of halogens is 2. The maximum atomic E-state index is 13.1. The third-order valence-electron chi connectivity index (χ3n) is 2.70.